The van der Waals surface area contributed by atoms with Crippen molar-refractivity contribution < 1.29 is 5.11 Å². The molecule has 0 spiro atoms. The van der Waals surface area contributed by atoms with Gasteiger partial charge < -0.3 is 5.11 Å². The molecule has 0 radical (unpaired) electrons. The molecule has 1 aliphatic carbocycles. The first-order valence-electron chi connectivity index (χ1n) is 5.89. The molecule has 0 aliphatic heterocycles. The van der Waals surface area contributed by atoms with Crippen LogP contribution in [0.2, 0.25) is 0 Å². The zero-order valence-electron chi connectivity index (χ0n) is 9.66. The van der Waals surface area contributed by atoms with Crippen molar-refractivity contribution >= 4 is 31.9 Å². The van der Waals surface area contributed by atoms with Gasteiger partial charge in [-0.1, -0.05) is 50.1 Å². The van der Waals surface area contributed by atoms with Gasteiger partial charge >= 0.3 is 0 Å². The Kier molecular flexibility index (Phi) is 3.31. The zero-order chi connectivity index (χ0) is 12.7. The Morgan fingerprint density at radius 2 is 1.50 bits per heavy atom. The number of hydrogen-bond donors (Lipinski definition) is 1. The largest absolute Gasteiger partial charge is 0.384 e. The number of halogens is 2. The molecule has 1 atom stereocenters. The molecule has 0 saturated heterocycles. The van der Waals surface area contributed by atoms with Crippen LogP contribution in [0.25, 0.3) is 0 Å². The average molecular weight is 368 g/mol. The van der Waals surface area contributed by atoms with Crippen LogP contribution in [-0.2, 0) is 12.8 Å². The monoisotopic (exact) mass is 366 g/mol. The van der Waals surface area contributed by atoms with E-state index in [1.165, 1.54) is 17.5 Å². The van der Waals surface area contributed by atoms with Crippen molar-refractivity contribution in [2.45, 2.75) is 18.9 Å². The highest BCUT2D eigenvalue weighted by atomic mass is 79.9. The molecule has 92 valence electrons. The van der Waals surface area contributed by atoms with Gasteiger partial charge in [-0.25, -0.2) is 0 Å². The summed E-state index contributed by atoms with van der Waals surface area (Å²) < 4.78 is 1.93. The maximum absolute atomic E-state index is 10.4. The summed E-state index contributed by atoms with van der Waals surface area (Å²) in [6.07, 6.45) is 1.75. The van der Waals surface area contributed by atoms with E-state index in [-0.39, 0.29) is 0 Å². The van der Waals surface area contributed by atoms with E-state index >= 15 is 0 Å². The molecule has 0 saturated carbocycles. The van der Waals surface area contributed by atoms with Gasteiger partial charge in [-0.3, -0.25) is 0 Å². The standard InChI is InChI=1S/C15H12Br2O/c16-13-6-12(7-14(17)8-13)15(18)11-4-2-9-1-3-10(9)5-11/h2,4-8,15,18H,1,3H2. The Balaban J connectivity index is 1.97. The molecule has 0 amide bonds. The zero-order valence-corrected chi connectivity index (χ0v) is 12.8. The molecular weight excluding hydrogens is 356 g/mol. The summed E-state index contributed by atoms with van der Waals surface area (Å²) in [7, 11) is 0. The third kappa shape index (κ3) is 2.27. The van der Waals surface area contributed by atoms with E-state index in [1.54, 1.807) is 0 Å². The maximum Gasteiger partial charge on any atom is 0.104 e. The Hall–Kier alpha value is -0.640. The highest BCUT2D eigenvalue weighted by molar-refractivity contribution is 9.11. The molecule has 18 heavy (non-hydrogen) atoms. The lowest BCUT2D eigenvalue weighted by atomic mass is 9.86. The normalized spacial score (nSPS) is 14.8. The number of hydrogen-bond acceptors (Lipinski definition) is 1. The fourth-order valence-electron chi connectivity index (χ4n) is 2.31. The molecule has 2 aromatic carbocycles. The fraction of sp³-hybridized carbons (Fsp3) is 0.200. The number of aryl methyl sites for hydroxylation is 2. The maximum atomic E-state index is 10.4. The molecule has 0 aromatic heterocycles. The first kappa shape index (κ1) is 12.4. The highest BCUT2D eigenvalue weighted by Crippen LogP contribution is 2.31. The number of rotatable bonds is 2. The van der Waals surface area contributed by atoms with Crippen molar-refractivity contribution in [1.82, 2.24) is 0 Å². The topological polar surface area (TPSA) is 20.2 Å². The smallest absolute Gasteiger partial charge is 0.104 e. The van der Waals surface area contributed by atoms with Crippen molar-refractivity contribution in [1.29, 1.82) is 0 Å². The molecular formula is C15H12Br2O. The Labute approximate surface area is 123 Å². The van der Waals surface area contributed by atoms with Gasteiger partial charge in [0.05, 0.1) is 0 Å². The number of fused-ring (bicyclic) bond motifs is 1. The molecule has 0 heterocycles. The second-order valence-corrected chi connectivity index (χ2v) is 6.46. The molecule has 0 fully saturated rings. The highest BCUT2D eigenvalue weighted by Gasteiger charge is 2.17. The lowest BCUT2D eigenvalue weighted by Gasteiger charge is -2.21. The van der Waals surface area contributed by atoms with Gasteiger partial charge in [-0.05, 0) is 53.3 Å². The summed E-state index contributed by atoms with van der Waals surface area (Å²) in [5.41, 5.74) is 4.66. The third-order valence-electron chi connectivity index (χ3n) is 3.41. The van der Waals surface area contributed by atoms with Crippen LogP contribution in [0.5, 0.6) is 0 Å². The van der Waals surface area contributed by atoms with Crippen LogP contribution < -0.4 is 0 Å². The van der Waals surface area contributed by atoms with Gasteiger partial charge in [-0.2, -0.15) is 0 Å². The minimum atomic E-state index is -0.565. The van der Waals surface area contributed by atoms with E-state index in [9.17, 15) is 5.11 Å². The van der Waals surface area contributed by atoms with Crippen LogP contribution in [-0.4, -0.2) is 5.11 Å². The lowest BCUT2D eigenvalue weighted by molar-refractivity contribution is 0.220. The molecule has 1 aliphatic rings. The summed E-state index contributed by atoms with van der Waals surface area (Å²) in [4.78, 5) is 0. The van der Waals surface area contributed by atoms with Crippen molar-refractivity contribution in [3.63, 3.8) is 0 Å². The average Bonchev–Trinajstić information content (AvgIpc) is 2.29. The first-order chi connectivity index (χ1) is 8.63. The number of aliphatic hydroxyl groups excluding tert-OH is 1. The van der Waals surface area contributed by atoms with Crippen molar-refractivity contribution in [2.75, 3.05) is 0 Å². The van der Waals surface area contributed by atoms with Crippen LogP contribution in [0, 0.1) is 0 Å². The third-order valence-corrected chi connectivity index (χ3v) is 4.33. The fourth-order valence-corrected chi connectivity index (χ4v) is 3.64. The van der Waals surface area contributed by atoms with Gasteiger partial charge in [-0.15, -0.1) is 0 Å². The minimum absolute atomic E-state index is 0.565. The quantitative estimate of drug-likeness (QED) is 0.834. The Morgan fingerprint density at radius 1 is 0.833 bits per heavy atom. The van der Waals surface area contributed by atoms with E-state index in [4.69, 9.17) is 0 Å². The van der Waals surface area contributed by atoms with Gasteiger partial charge in [0, 0.05) is 8.95 Å². The van der Waals surface area contributed by atoms with Gasteiger partial charge in [0.25, 0.3) is 0 Å². The molecule has 3 heteroatoms. The number of aliphatic hydroxyl groups is 1. The first-order valence-corrected chi connectivity index (χ1v) is 7.48. The van der Waals surface area contributed by atoms with Crippen molar-refractivity contribution in [3.8, 4) is 0 Å². The van der Waals surface area contributed by atoms with Crippen molar-refractivity contribution in [2.24, 2.45) is 0 Å². The van der Waals surface area contributed by atoms with Crippen LogP contribution >= 0.6 is 31.9 Å². The van der Waals surface area contributed by atoms with Crippen LogP contribution in [0.1, 0.15) is 28.4 Å². The SMILES string of the molecule is OC(c1cc(Br)cc(Br)c1)c1ccc2c(c1)CC2. The number of benzene rings is 2. The van der Waals surface area contributed by atoms with Crippen LogP contribution in [0.15, 0.2) is 45.3 Å². The van der Waals surface area contributed by atoms with E-state index in [2.05, 4.69) is 44.0 Å². The van der Waals surface area contributed by atoms with Crippen LogP contribution in [0.4, 0.5) is 0 Å². The molecule has 3 rings (SSSR count). The summed E-state index contributed by atoms with van der Waals surface area (Å²) in [5.74, 6) is 0. The molecule has 1 unspecified atom stereocenters. The predicted molar refractivity (Wildman–Crippen MR) is 79.8 cm³/mol. The van der Waals surface area contributed by atoms with Crippen LogP contribution in [0.3, 0.4) is 0 Å². The summed E-state index contributed by atoms with van der Waals surface area (Å²) in [6, 6.07) is 12.2. The molecule has 1 nitrogen and oxygen atoms in total. The van der Waals surface area contributed by atoms with Gasteiger partial charge in [0.2, 0.25) is 0 Å². The van der Waals surface area contributed by atoms with E-state index < -0.39 is 6.10 Å². The molecule has 2 aromatic rings. The van der Waals surface area contributed by atoms with E-state index in [0.29, 0.717) is 0 Å². The van der Waals surface area contributed by atoms with E-state index in [1.807, 2.05) is 24.3 Å². The summed E-state index contributed by atoms with van der Waals surface area (Å²) >= 11 is 6.90. The second kappa shape index (κ2) is 4.80. The summed E-state index contributed by atoms with van der Waals surface area (Å²) in [6.45, 7) is 0. The molecule has 1 N–H and O–H groups in total. The second-order valence-electron chi connectivity index (χ2n) is 4.63. The molecule has 0 bridgehead atoms. The lowest BCUT2D eigenvalue weighted by Crippen LogP contribution is -2.10. The van der Waals surface area contributed by atoms with E-state index in [0.717, 1.165) is 26.5 Å². The minimum Gasteiger partial charge on any atom is -0.384 e. The Morgan fingerprint density at radius 3 is 2.06 bits per heavy atom. The van der Waals surface area contributed by atoms with Crippen molar-refractivity contribution in [3.05, 3.63) is 67.6 Å². The Bertz CT molecular complexity index is 587. The predicted octanol–water partition coefficient (Wildman–Crippen LogP) is 4.39. The summed E-state index contributed by atoms with van der Waals surface area (Å²) in [5, 5.41) is 10.4. The van der Waals surface area contributed by atoms with Gasteiger partial charge in [0.1, 0.15) is 6.10 Å². The van der Waals surface area contributed by atoms with Gasteiger partial charge in [0.15, 0.2) is 0 Å².